The SMILES string of the molecule is Cc1cc(NC(=O)c2n[nH]c(Br)c2Br)nn1Cc1ccc(Cl)cc1Cl. The van der Waals surface area contributed by atoms with Crippen molar-refractivity contribution >= 4 is 66.8 Å². The van der Waals surface area contributed by atoms with Crippen LogP contribution in [0.25, 0.3) is 0 Å². The fourth-order valence-electron chi connectivity index (χ4n) is 2.18. The number of nitrogens with one attached hydrogen (secondary N) is 2. The van der Waals surface area contributed by atoms with Crippen LogP contribution < -0.4 is 5.32 Å². The number of hydrogen-bond donors (Lipinski definition) is 2. The number of nitrogens with zero attached hydrogens (tertiary/aromatic N) is 3. The molecule has 2 N–H and O–H groups in total. The third kappa shape index (κ3) is 4.08. The fourth-order valence-corrected chi connectivity index (χ4v) is 3.28. The zero-order chi connectivity index (χ0) is 18.1. The highest BCUT2D eigenvalue weighted by atomic mass is 79.9. The van der Waals surface area contributed by atoms with Crippen LogP contribution in [0.4, 0.5) is 5.82 Å². The van der Waals surface area contributed by atoms with Gasteiger partial charge in [-0.3, -0.25) is 14.6 Å². The number of anilines is 1. The molecule has 130 valence electrons. The predicted octanol–water partition coefficient (Wildman–Crippen LogP) is 5.05. The third-order valence-corrected chi connectivity index (χ3v) is 5.90. The summed E-state index contributed by atoms with van der Waals surface area (Å²) in [6, 6.07) is 7.09. The number of aromatic amines is 1. The van der Waals surface area contributed by atoms with E-state index in [1.807, 2.05) is 13.0 Å². The zero-order valence-corrected chi connectivity index (χ0v) is 17.5. The molecule has 0 saturated carbocycles. The van der Waals surface area contributed by atoms with Gasteiger partial charge in [0.05, 0.1) is 11.0 Å². The lowest BCUT2D eigenvalue weighted by Gasteiger charge is -2.07. The smallest absolute Gasteiger partial charge is 0.278 e. The minimum Gasteiger partial charge on any atom is -0.304 e. The van der Waals surface area contributed by atoms with E-state index in [-0.39, 0.29) is 11.6 Å². The van der Waals surface area contributed by atoms with Gasteiger partial charge in [0.25, 0.3) is 5.91 Å². The number of amides is 1. The maximum absolute atomic E-state index is 12.3. The molecular formula is C15H11Br2Cl2N5O. The molecule has 3 aromatic rings. The first-order valence-corrected chi connectivity index (χ1v) is 9.38. The summed E-state index contributed by atoms with van der Waals surface area (Å²) in [5.41, 5.74) is 2.00. The van der Waals surface area contributed by atoms with Crippen LogP contribution >= 0.6 is 55.1 Å². The highest BCUT2D eigenvalue weighted by Gasteiger charge is 2.18. The maximum atomic E-state index is 12.3. The lowest BCUT2D eigenvalue weighted by atomic mass is 10.2. The van der Waals surface area contributed by atoms with E-state index in [2.05, 4.69) is 52.5 Å². The van der Waals surface area contributed by atoms with Gasteiger partial charge in [-0.25, -0.2) is 0 Å². The molecule has 10 heteroatoms. The summed E-state index contributed by atoms with van der Waals surface area (Å²) in [5, 5.41) is 14.9. The average molecular weight is 508 g/mol. The molecule has 0 unspecified atom stereocenters. The summed E-state index contributed by atoms with van der Waals surface area (Å²) >= 11 is 18.7. The summed E-state index contributed by atoms with van der Waals surface area (Å²) in [5.74, 6) is 0.0570. The molecule has 0 fully saturated rings. The average Bonchev–Trinajstić information content (AvgIpc) is 3.05. The molecule has 0 aliphatic carbocycles. The highest BCUT2D eigenvalue weighted by molar-refractivity contribution is 9.13. The molecule has 1 amide bonds. The van der Waals surface area contributed by atoms with Gasteiger partial charge >= 0.3 is 0 Å². The van der Waals surface area contributed by atoms with Gasteiger partial charge in [0, 0.05) is 21.8 Å². The second-order valence-corrected chi connectivity index (χ2v) is 7.65. The first-order valence-electron chi connectivity index (χ1n) is 7.04. The van der Waals surface area contributed by atoms with Gasteiger partial charge in [-0.05, 0) is 56.5 Å². The van der Waals surface area contributed by atoms with Crippen molar-refractivity contribution in [2.24, 2.45) is 0 Å². The number of carbonyl (C=O) groups is 1. The Balaban J connectivity index is 1.78. The molecule has 1 aromatic carbocycles. The van der Waals surface area contributed by atoms with Crippen LogP contribution in [-0.2, 0) is 6.54 Å². The summed E-state index contributed by atoms with van der Waals surface area (Å²) in [4.78, 5) is 12.3. The van der Waals surface area contributed by atoms with E-state index in [9.17, 15) is 4.79 Å². The normalized spacial score (nSPS) is 10.9. The molecule has 6 nitrogen and oxygen atoms in total. The second kappa shape index (κ2) is 7.49. The number of aryl methyl sites for hydroxylation is 1. The summed E-state index contributed by atoms with van der Waals surface area (Å²) in [6.07, 6.45) is 0. The van der Waals surface area contributed by atoms with Gasteiger partial charge in [0.15, 0.2) is 11.5 Å². The van der Waals surface area contributed by atoms with Crippen molar-refractivity contribution in [1.82, 2.24) is 20.0 Å². The number of aromatic nitrogens is 4. The Hall–Kier alpha value is -1.35. The topological polar surface area (TPSA) is 75.6 Å². The zero-order valence-electron chi connectivity index (χ0n) is 12.8. The quantitative estimate of drug-likeness (QED) is 0.519. The largest absolute Gasteiger partial charge is 0.304 e. The second-order valence-electron chi connectivity index (χ2n) is 5.22. The van der Waals surface area contributed by atoms with E-state index in [1.165, 1.54) is 0 Å². The van der Waals surface area contributed by atoms with Gasteiger partial charge in [0.1, 0.15) is 4.60 Å². The molecule has 0 radical (unpaired) electrons. The summed E-state index contributed by atoms with van der Waals surface area (Å²) in [7, 11) is 0. The molecule has 0 atom stereocenters. The van der Waals surface area contributed by atoms with Crippen LogP contribution in [0.15, 0.2) is 33.3 Å². The van der Waals surface area contributed by atoms with Crippen LogP contribution in [0.1, 0.15) is 21.7 Å². The summed E-state index contributed by atoms with van der Waals surface area (Å²) < 4.78 is 2.89. The first kappa shape index (κ1) is 18.4. The van der Waals surface area contributed by atoms with Crippen LogP contribution in [0.3, 0.4) is 0 Å². The molecule has 0 saturated heterocycles. The minimum absolute atomic E-state index is 0.236. The van der Waals surface area contributed by atoms with Gasteiger partial charge in [-0.2, -0.15) is 10.2 Å². The fraction of sp³-hybridized carbons (Fsp3) is 0.133. The number of H-pyrrole nitrogens is 1. The Morgan fingerprint density at radius 1 is 1.32 bits per heavy atom. The first-order chi connectivity index (χ1) is 11.8. The van der Waals surface area contributed by atoms with Crippen molar-refractivity contribution in [1.29, 1.82) is 0 Å². The molecule has 0 spiro atoms. The van der Waals surface area contributed by atoms with Crippen molar-refractivity contribution in [3.63, 3.8) is 0 Å². The number of rotatable bonds is 4. The predicted molar refractivity (Wildman–Crippen MR) is 104 cm³/mol. The monoisotopic (exact) mass is 505 g/mol. The Bertz CT molecular complexity index is 954. The lowest BCUT2D eigenvalue weighted by molar-refractivity contribution is 0.102. The van der Waals surface area contributed by atoms with Gasteiger partial charge in [-0.15, -0.1) is 0 Å². The molecular weight excluding hydrogens is 497 g/mol. The number of hydrogen-bond acceptors (Lipinski definition) is 3. The van der Waals surface area contributed by atoms with E-state index >= 15 is 0 Å². The van der Waals surface area contributed by atoms with Crippen molar-refractivity contribution in [3.05, 3.63) is 60.3 Å². The van der Waals surface area contributed by atoms with E-state index in [4.69, 9.17) is 23.2 Å². The molecule has 0 bridgehead atoms. The molecule has 25 heavy (non-hydrogen) atoms. The van der Waals surface area contributed by atoms with Crippen LogP contribution in [0, 0.1) is 6.92 Å². The van der Waals surface area contributed by atoms with Crippen molar-refractivity contribution in [2.45, 2.75) is 13.5 Å². The molecule has 2 heterocycles. The van der Waals surface area contributed by atoms with Crippen LogP contribution in [0.5, 0.6) is 0 Å². The number of halogens is 4. The molecule has 0 aliphatic heterocycles. The molecule has 3 rings (SSSR count). The maximum Gasteiger partial charge on any atom is 0.278 e. The third-order valence-electron chi connectivity index (χ3n) is 3.44. The Kier molecular flexibility index (Phi) is 5.52. The van der Waals surface area contributed by atoms with Crippen molar-refractivity contribution < 1.29 is 4.79 Å². The number of carbonyl (C=O) groups excluding carboxylic acids is 1. The Morgan fingerprint density at radius 2 is 2.08 bits per heavy atom. The van der Waals surface area contributed by atoms with Crippen molar-refractivity contribution in [3.8, 4) is 0 Å². The Morgan fingerprint density at radius 3 is 2.72 bits per heavy atom. The van der Waals surface area contributed by atoms with Gasteiger partial charge in [0.2, 0.25) is 0 Å². The van der Waals surface area contributed by atoms with Gasteiger partial charge in [-0.1, -0.05) is 29.3 Å². The van der Waals surface area contributed by atoms with E-state index in [0.717, 1.165) is 11.3 Å². The van der Waals surface area contributed by atoms with E-state index in [1.54, 1.807) is 22.9 Å². The number of benzene rings is 1. The minimum atomic E-state index is -0.372. The standard InChI is InChI=1S/C15H11Br2Cl2N5O/c1-7-4-11(20-15(25)13-12(16)14(17)22-21-13)23-24(7)6-8-2-3-9(18)5-10(8)19/h2-5H,6H2,1H3,(H,21,22)(H,20,23,25). The van der Waals surface area contributed by atoms with Crippen LogP contribution in [0.2, 0.25) is 10.0 Å². The van der Waals surface area contributed by atoms with Gasteiger partial charge < -0.3 is 5.32 Å². The molecule has 2 aromatic heterocycles. The van der Waals surface area contributed by atoms with Crippen molar-refractivity contribution in [2.75, 3.05) is 5.32 Å². The highest BCUT2D eigenvalue weighted by Crippen LogP contribution is 2.25. The van der Waals surface area contributed by atoms with E-state index in [0.29, 0.717) is 31.5 Å². The Labute approximate surface area is 170 Å². The van der Waals surface area contributed by atoms with Crippen LogP contribution in [-0.4, -0.2) is 25.9 Å². The lowest BCUT2D eigenvalue weighted by Crippen LogP contribution is -2.14. The molecule has 0 aliphatic rings. The van der Waals surface area contributed by atoms with E-state index < -0.39 is 0 Å². The summed E-state index contributed by atoms with van der Waals surface area (Å²) in [6.45, 7) is 2.36.